The molecule has 0 unspecified atom stereocenters. The van der Waals surface area contributed by atoms with Crippen LogP contribution in [0.15, 0.2) is 71.6 Å². The maximum atomic E-state index is 14.0. The number of nitrogens with zero attached hydrogens (tertiary/aromatic N) is 2. The fourth-order valence-electron chi connectivity index (χ4n) is 7.17. The van der Waals surface area contributed by atoms with Gasteiger partial charge in [0.15, 0.2) is 11.5 Å². The van der Waals surface area contributed by atoms with Crippen LogP contribution in [0.4, 0.5) is 11.4 Å². The normalized spacial score (nSPS) is 16.3. The first kappa shape index (κ1) is 36.4. The number of rotatable bonds is 14. The Morgan fingerprint density at radius 3 is 1.86 bits per heavy atom. The lowest BCUT2D eigenvalue weighted by Crippen LogP contribution is -2.33. The summed E-state index contributed by atoms with van der Waals surface area (Å²) in [5, 5.41) is 3.02. The average Bonchev–Trinajstić information content (AvgIpc) is 3.12. The first-order valence-corrected chi connectivity index (χ1v) is 19.0. The maximum absolute atomic E-state index is 14.0. The van der Waals surface area contributed by atoms with Gasteiger partial charge in [-0.05, 0) is 86.8 Å². The molecule has 2 aliphatic rings. The molecule has 0 aliphatic heterocycles. The highest BCUT2D eigenvalue weighted by Gasteiger charge is 2.26. The van der Waals surface area contributed by atoms with Gasteiger partial charge >= 0.3 is 0 Å². The zero-order valence-electron chi connectivity index (χ0n) is 29.4. The molecular weight excluding hydrogens is 637 g/mol. The number of carbonyl (C=O) groups is 1. The van der Waals surface area contributed by atoms with Crippen molar-refractivity contribution in [3.63, 3.8) is 0 Å². The van der Waals surface area contributed by atoms with E-state index in [1.807, 2.05) is 42.5 Å². The summed E-state index contributed by atoms with van der Waals surface area (Å²) >= 11 is 0. The number of hydrogen-bond donors (Lipinski definition) is 2. The van der Waals surface area contributed by atoms with Crippen molar-refractivity contribution in [2.45, 2.75) is 94.3 Å². The molecule has 1 amide bonds. The summed E-state index contributed by atoms with van der Waals surface area (Å²) in [6, 6.07) is 19.5. The Hall–Kier alpha value is -3.86. The van der Waals surface area contributed by atoms with Crippen molar-refractivity contribution < 1.29 is 22.7 Å². The number of nitrogens with one attached hydrogen (secondary N) is 2. The Kier molecular flexibility index (Phi) is 12.8. The fourth-order valence-corrected chi connectivity index (χ4v) is 8.49. The van der Waals surface area contributed by atoms with Crippen molar-refractivity contribution in [2.75, 3.05) is 38.4 Å². The van der Waals surface area contributed by atoms with Gasteiger partial charge in [-0.15, -0.1) is 0 Å². The molecule has 0 atom stereocenters. The van der Waals surface area contributed by atoms with Crippen molar-refractivity contribution >= 4 is 33.4 Å². The minimum Gasteiger partial charge on any atom is -0.493 e. The van der Waals surface area contributed by atoms with Crippen molar-refractivity contribution in [2.24, 2.45) is 0 Å². The predicted molar refractivity (Wildman–Crippen MR) is 198 cm³/mol. The van der Waals surface area contributed by atoms with Gasteiger partial charge in [-0.25, -0.2) is 8.42 Å². The molecule has 264 valence electrons. The van der Waals surface area contributed by atoms with Crippen molar-refractivity contribution in [1.82, 2.24) is 9.80 Å². The molecule has 9 nitrogen and oxygen atoms in total. The topological polar surface area (TPSA) is 100 Å². The lowest BCUT2D eigenvalue weighted by molar-refractivity contribution is -0.111. The molecule has 3 aromatic carbocycles. The van der Waals surface area contributed by atoms with Crippen LogP contribution >= 0.6 is 0 Å². The van der Waals surface area contributed by atoms with Crippen LogP contribution in [0.2, 0.25) is 0 Å². The molecule has 3 aromatic rings. The number of sulfonamides is 1. The first-order chi connectivity index (χ1) is 23.7. The quantitative estimate of drug-likeness (QED) is 0.168. The Morgan fingerprint density at radius 2 is 1.31 bits per heavy atom. The molecule has 0 spiro atoms. The number of ether oxygens (including phenoxy) is 2. The van der Waals surface area contributed by atoms with E-state index in [4.69, 9.17) is 9.47 Å². The molecule has 5 rings (SSSR count). The summed E-state index contributed by atoms with van der Waals surface area (Å²) in [7, 11) is 3.01. The molecule has 0 radical (unpaired) electrons. The van der Waals surface area contributed by atoms with E-state index >= 15 is 0 Å². The van der Waals surface area contributed by atoms with Gasteiger partial charge < -0.3 is 14.8 Å². The van der Waals surface area contributed by atoms with Crippen LogP contribution < -0.4 is 19.5 Å². The van der Waals surface area contributed by atoms with Crippen molar-refractivity contribution in [3.05, 3.63) is 83.4 Å². The third-order valence-corrected chi connectivity index (χ3v) is 11.3. The molecular formula is C39H52N4O5S. The number of hydrogen-bond acceptors (Lipinski definition) is 7. The lowest BCUT2D eigenvalue weighted by Gasteiger charge is -2.31. The number of benzene rings is 3. The lowest BCUT2D eigenvalue weighted by atomic mass is 9.94. The van der Waals surface area contributed by atoms with Crippen LogP contribution in [-0.4, -0.2) is 64.5 Å². The molecule has 49 heavy (non-hydrogen) atoms. The molecule has 2 saturated carbocycles. The van der Waals surface area contributed by atoms with E-state index in [2.05, 4.69) is 33.9 Å². The van der Waals surface area contributed by atoms with Crippen LogP contribution in [0.25, 0.3) is 6.08 Å². The summed E-state index contributed by atoms with van der Waals surface area (Å²) in [6.07, 6.45) is 15.3. The van der Waals surface area contributed by atoms with E-state index in [1.54, 1.807) is 18.2 Å². The summed E-state index contributed by atoms with van der Waals surface area (Å²) in [5.41, 5.74) is 3.69. The monoisotopic (exact) mass is 688 g/mol. The molecule has 10 heteroatoms. The molecule has 0 heterocycles. The number of carbonyl (C=O) groups excluding carboxylic acids is 1. The van der Waals surface area contributed by atoms with Gasteiger partial charge in [-0.2, -0.15) is 0 Å². The van der Waals surface area contributed by atoms with Crippen molar-refractivity contribution in [1.29, 1.82) is 0 Å². The van der Waals surface area contributed by atoms with E-state index in [9.17, 15) is 13.2 Å². The van der Waals surface area contributed by atoms with E-state index in [0.29, 0.717) is 29.9 Å². The van der Waals surface area contributed by atoms with Crippen LogP contribution in [-0.2, 0) is 27.9 Å². The van der Waals surface area contributed by atoms with Crippen LogP contribution in [0.5, 0.6) is 11.5 Å². The second kappa shape index (κ2) is 17.2. The Bertz CT molecular complexity index is 1700. The molecule has 2 N–H and O–H groups in total. The van der Waals surface area contributed by atoms with Crippen molar-refractivity contribution in [3.8, 4) is 11.5 Å². The Labute approximate surface area is 292 Å². The van der Waals surface area contributed by atoms with E-state index in [-0.39, 0.29) is 22.3 Å². The highest BCUT2D eigenvalue weighted by atomic mass is 32.2. The standard InChI is InChI=1S/C39H52N4O5S/c1-42(32-17-7-5-8-18-32)27-30-15-11-13-21-34(30)40-38(44)24-23-29-25-36(47-3)39(48-4)37(26-29)49(45,46)41-35-22-14-12-16-31(35)28-43(2)33-19-9-6-10-20-33/h11-16,21-26,32-33,41H,5-10,17-20,27-28H2,1-4H3,(H,40,44)/b24-23+. The predicted octanol–water partition coefficient (Wildman–Crippen LogP) is 7.69. The second-order valence-corrected chi connectivity index (χ2v) is 15.1. The number of methoxy groups -OCH3 is 2. The zero-order chi connectivity index (χ0) is 34.8. The molecule has 0 aromatic heterocycles. The Morgan fingerprint density at radius 1 is 0.776 bits per heavy atom. The van der Waals surface area contributed by atoms with Gasteiger partial charge in [0, 0.05) is 36.9 Å². The highest BCUT2D eigenvalue weighted by Crippen LogP contribution is 2.37. The molecule has 0 bridgehead atoms. The number of amides is 1. The van der Waals surface area contributed by atoms with E-state index in [0.717, 1.165) is 36.2 Å². The van der Waals surface area contributed by atoms with Crippen LogP contribution in [0, 0.1) is 0 Å². The van der Waals surface area contributed by atoms with Gasteiger partial charge in [-0.3, -0.25) is 19.3 Å². The van der Waals surface area contributed by atoms with Gasteiger partial charge in [0.05, 0.1) is 19.9 Å². The number of anilines is 2. The first-order valence-electron chi connectivity index (χ1n) is 17.5. The Balaban J connectivity index is 1.33. The van der Waals surface area contributed by atoms with Crippen LogP contribution in [0.3, 0.4) is 0 Å². The van der Waals surface area contributed by atoms with Gasteiger partial charge in [0.25, 0.3) is 10.0 Å². The molecule has 0 saturated heterocycles. The smallest absolute Gasteiger partial charge is 0.265 e. The summed E-state index contributed by atoms with van der Waals surface area (Å²) < 4.78 is 41.9. The molecule has 2 aliphatic carbocycles. The highest BCUT2D eigenvalue weighted by molar-refractivity contribution is 7.92. The van der Waals surface area contributed by atoms with Gasteiger partial charge in [-0.1, -0.05) is 74.9 Å². The summed E-state index contributed by atoms with van der Waals surface area (Å²) in [6.45, 7) is 1.37. The summed E-state index contributed by atoms with van der Waals surface area (Å²) in [4.78, 5) is 17.8. The van der Waals surface area contributed by atoms with Gasteiger partial charge in [0.2, 0.25) is 5.91 Å². The van der Waals surface area contributed by atoms with Gasteiger partial charge in [0.1, 0.15) is 4.90 Å². The SMILES string of the molecule is COc1cc(/C=C/C(=O)Nc2ccccc2CN(C)C2CCCCC2)cc(S(=O)(=O)Nc2ccccc2CN(C)C2CCCCC2)c1OC. The second-order valence-electron chi connectivity index (χ2n) is 13.4. The minimum atomic E-state index is -4.12. The minimum absolute atomic E-state index is 0.0825. The third kappa shape index (κ3) is 9.65. The third-order valence-electron chi connectivity index (χ3n) is 9.96. The largest absolute Gasteiger partial charge is 0.493 e. The van der Waals surface area contributed by atoms with Crippen LogP contribution in [0.1, 0.15) is 80.9 Å². The maximum Gasteiger partial charge on any atom is 0.265 e. The zero-order valence-corrected chi connectivity index (χ0v) is 30.2. The van der Waals surface area contributed by atoms with E-state index in [1.165, 1.54) is 77.7 Å². The average molecular weight is 689 g/mol. The van der Waals surface area contributed by atoms with E-state index < -0.39 is 10.0 Å². The summed E-state index contributed by atoms with van der Waals surface area (Å²) in [5.74, 6) is 0.0114. The molecule has 2 fully saturated rings. The number of para-hydroxylation sites is 2. The fraction of sp³-hybridized carbons (Fsp3) is 0.462.